The number of carbonyl (C=O) groups is 1. The van der Waals surface area contributed by atoms with Crippen LogP contribution in [-0.2, 0) is 10.0 Å². The van der Waals surface area contributed by atoms with Gasteiger partial charge in [0.05, 0.1) is 24.1 Å². The molecule has 1 saturated heterocycles. The monoisotopic (exact) mass is 685 g/mol. The number of halogens is 3. The highest BCUT2D eigenvalue weighted by atomic mass is 32.2. The number of sulfonamides is 1. The van der Waals surface area contributed by atoms with Gasteiger partial charge in [0, 0.05) is 30.9 Å². The van der Waals surface area contributed by atoms with E-state index in [2.05, 4.69) is 40.7 Å². The van der Waals surface area contributed by atoms with Crippen LogP contribution in [-0.4, -0.2) is 76.3 Å². The molecule has 3 fully saturated rings. The van der Waals surface area contributed by atoms with Crippen molar-refractivity contribution in [2.24, 2.45) is 16.7 Å². The fourth-order valence-electron chi connectivity index (χ4n) is 7.47. The van der Waals surface area contributed by atoms with E-state index in [-0.39, 0.29) is 54.3 Å². The summed E-state index contributed by atoms with van der Waals surface area (Å²) in [5, 5.41) is 7.40. The zero-order valence-corrected chi connectivity index (χ0v) is 27.6. The maximum absolute atomic E-state index is 14.3. The van der Waals surface area contributed by atoms with E-state index in [9.17, 15) is 26.4 Å². The average Bonchev–Trinajstić information content (AvgIpc) is 3.87. The van der Waals surface area contributed by atoms with E-state index < -0.39 is 33.1 Å². The van der Waals surface area contributed by atoms with Gasteiger partial charge in [0.1, 0.15) is 11.6 Å². The molecule has 0 radical (unpaired) electrons. The van der Waals surface area contributed by atoms with Gasteiger partial charge in [0.2, 0.25) is 5.88 Å². The van der Waals surface area contributed by atoms with Gasteiger partial charge in [-0.2, -0.15) is 21.6 Å². The van der Waals surface area contributed by atoms with Gasteiger partial charge in [0.15, 0.2) is 10.8 Å². The van der Waals surface area contributed by atoms with Crippen LogP contribution in [0.15, 0.2) is 60.3 Å². The lowest BCUT2D eigenvalue weighted by molar-refractivity contribution is -0.190. The summed E-state index contributed by atoms with van der Waals surface area (Å²) in [5.74, 6) is 0.888. The molecule has 0 aromatic carbocycles. The molecule has 2 aliphatic heterocycles. The van der Waals surface area contributed by atoms with E-state index in [0.29, 0.717) is 36.5 Å². The van der Waals surface area contributed by atoms with Crippen molar-refractivity contribution >= 4 is 27.6 Å². The van der Waals surface area contributed by atoms with Crippen molar-refractivity contribution in [1.82, 2.24) is 24.1 Å². The van der Waals surface area contributed by atoms with Crippen molar-refractivity contribution in [2.75, 3.05) is 36.5 Å². The van der Waals surface area contributed by atoms with Crippen LogP contribution >= 0.6 is 0 Å². The van der Waals surface area contributed by atoms with Crippen molar-refractivity contribution < 1.29 is 31.1 Å². The molecule has 48 heavy (non-hydrogen) atoms. The van der Waals surface area contributed by atoms with Gasteiger partial charge in [-0.3, -0.25) is 4.79 Å². The van der Waals surface area contributed by atoms with E-state index >= 15 is 0 Å². The molecule has 3 aromatic heterocycles. The molecule has 2 aliphatic carbocycles. The van der Waals surface area contributed by atoms with Crippen LogP contribution < -0.4 is 15.0 Å². The van der Waals surface area contributed by atoms with Gasteiger partial charge >= 0.3 is 6.18 Å². The van der Waals surface area contributed by atoms with Crippen LogP contribution in [0, 0.1) is 16.7 Å². The van der Waals surface area contributed by atoms with Crippen molar-refractivity contribution in [3.8, 4) is 11.7 Å². The fraction of sp³-hybridized carbons (Fsp3) is 0.515. The Hall–Kier alpha value is -4.14. The minimum atomic E-state index is -4.39. The lowest BCUT2D eigenvalue weighted by Gasteiger charge is -2.34. The summed E-state index contributed by atoms with van der Waals surface area (Å²) >= 11 is 0. The van der Waals surface area contributed by atoms with Crippen LogP contribution in [0.4, 0.5) is 24.8 Å². The quantitative estimate of drug-likeness (QED) is 0.317. The van der Waals surface area contributed by atoms with Gasteiger partial charge in [-0.15, -0.1) is 11.7 Å². The number of carbonyl (C=O) groups excluding carboxylic acids is 1. The molecule has 4 aliphatic rings. The van der Waals surface area contributed by atoms with Crippen LogP contribution in [0.3, 0.4) is 0 Å². The number of rotatable bonds is 7. The highest BCUT2D eigenvalue weighted by Gasteiger charge is 2.63. The topological polar surface area (TPSA) is 123 Å². The third-order valence-corrected chi connectivity index (χ3v) is 12.0. The Morgan fingerprint density at radius 1 is 1.15 bits per heavy atom. The Bertz CT molecular complexity index is 1870. The Kier molecular flexibility index (Phi) is 7.57. The lowest BCUT2D eigenvalue weighted by Crippen LogP contribution is -2.42. The molecule has 1 N–H and O–H groups in total. The summed E-state index contributed by atoms with van der Waals surface area (Å²) in [5.41, 5.74) is -1.97. The number of alkyl halides is 3. The number of hydrogen-bond donors (Lipinski definition) is 1. The first kappa shape index (κ1) is 32.4. The van der Waals surface area contributed by atoms with E-state index in [1.54, 1.807) is 36.5 Å². The van der Waals surface area contributed by atoms with Crippen molar-refractivity contribution in [2.45, 2.75) is 69.1 Å². The summed E-state index contributed by atoms with van der Waals surface area (Å²) in [7, 11) is -4.39. The van der Waals surface area contributed by atoms with Crippen molar-refractivity contribution in [1.29, 1.82) is 0 Å². The number of nitrogens with one attached hydrogen (secondary N) is 1. The first-order valence-corrected chi connectivity index (χ1v) is 17.6. The van der Waals surface area contributed by atoms with Crippen LogP contribution in [0.5, 0.6) is 5.88 Å². The number of fused-ring (bicyclic) bond motifs is 5. The van der Waals surface area contributed by atoms with Gasteiger partial charge in [-0.1, -0.05) is 12.1 Å². The standard InChI is InChI=1S/C33H38F3N7O4S/c1-4-16-43-29(44)23-8-9-25(42-17-11-26(40-42)47-18-14-32(12-13-32)33(34,35)36)39-28(23)41-21-31(20-30(41,2)3)19-22(31)10-15-37-24-6-5-7-27(38-24)48(43,45)46/h4-9,11,17,22H,1,10,12-16,18-21H2,2-3H3,(H,37,38). The third kappa shape index (κ3) is 5.59. The second-order valence-electron chi connectivity index (χ2n) is 14.1. The fourth-order valence-corrected chi connectivity index (χ4v) is 8.78. The largest absolute Gasteiger partial charge is 0.477 e. The molecule has 256 valence electrons. The molecular weight excluding hydrogens is 647 g/mol. The first-order chi connectivity index (χ1) is 22.7. The second-order valence-corrected chi connectivity index (χ2v) is 15.9. The van der Waals surface area contributed by atoms with E-state index in [4.69, 9.17) is 9.72 Å². The first-order valence-electron chi connectivity index (χ1n) is 16.1. The zero-order chi connectivity index (χ0) is 34.1. The molecule has 3 aromatic rings. The SMILES string of the molecule is C=CCN1C(=O)c2ccc(-n3ccc(OCCC4(C(F)(F)F)CC4)n3)nc2N2CC3(CC3CCNc3cccc(n3)S1(=O)=O)CC2(C)C. The molecule has 2 unspecified atom stereocenters. The molecule has 15 heteroatoms. The second kappa shape index (κ2) is 11.2. The maximum atomic E-state index is 14.3. The molecule has 7 rings (SSSR count). The molecule has 1 spiro atoms. The number of pyridine rings is 2. The summed E-state index contributed by atoms with van der Waals surface area (Å²) < 4.78 is 75.7. The molecule has 1 amide bonds. The molecule has 4 bridgehead atoms. The summed E-state index contributed by atoms with van der Waals surface area (Å²) in [6.07, 6.45) is 1.51. The average molecular weight is 686 g/mol. The molecular formula is C33H38F3N7O4S. The Morgan fingerprint density at radius 2 is 1.94 bits per heavy atom. The lowest BCUT2D eigenvalue weighted by atomic mass is 9.92. The molecule has 5 heterocycles. The number of ether oxygens (including phenoxy) is 1. The van der Waals surface area contributed by atoms with E-state index in [0.717, 1.165) is 23.6 Å². The normalized spacial score (nSPS) is 25.2. The van der Waals surface area contributed by atoms with Gasteiger partial charge < -0.3 is 15.0 Å². The highest BCUT2D eigenvalue weighted by molar-refractivity contribution is 7.89. The summed E-state index contributed by atoms with van der Waals surface area (Å²) in [6, 6.07) is 9.31. The van der Waals surface area contributed by atoms with Crippen molar-refractivity contribution in [3.05, 3.63) is 60.8 Å². The minimum Gasteiger partial charge on any atom is -0.477 e. The number of aromatic nitrogens is 4. The molecule has 11 nitrogen and oxygen atoms in total. The summed E-state index contributed by atoms with van der Waals surface area (Å²) in [6.45, 7) is 8.74. The minimum absolute atomic E-state index is 0.0214. The van der Waals surface area contributed by atoms with Crippen LogP contribution in [0.25, 0.3) is 5.82 Å². The van der Waals surface area contributed by atoms with Gasteiger partial charge in [-0.25, -0.2) is 19.0 Å². The highest BCUT2D eigenvalue weighted by Crippen LogP contribution is 2.64. The van der Waals surface area contributed by atoms with Crippen molar-refractivity contribution in [3.63, 3.8) is 0 Å². The van der Waals surface area contributed by atoms with Crippen LogP contribution in [0.2, 0.25) is 0 Å². The number of hydrogen-bond acceptors (Lipinski definition) is 9. The Balaban J connectivity index is 1.26. The van der Waals surface area contributed by atoms with Gasteiger partial charge in [-0.05, 0) is 88.0 Å². The molecule has 2 saturated carbocycles. The number of amides is 1. The Labute approximate surface area is 277 Å². The van der Waals surface area contributed by atoms with Gasteiger partial charge in [0.25, 0.3) is 15.9 Å². The van der Waals surface area contributed by atoms with E-state index in [1.165, 1.54) is 16.8 Å². The Morgan fingerprint density at radius 3 is 2.67 bits per heavy atom. The van der Waals surface area contributed by atoms with E-state index in [1.807, 2.05) is 0 Å². The predicted molar refractivity (Wildman–Crippen MR) is 172 cm³/mol. The summed E-state index contributed by atoms with van der Waals surface area (Å²) in [4.78, 5) is 25.7. The molecule has 2 atom stereocenters. The zero-order valence-electron chi connectivity index (χ0n) is 26.8. The smallest absolute Gasteiger partial charge is 0.394 e. The number of anilines is 2. The number of nitrogens with zero attached hydrogens (tertiary/aromatic N) is 6. The predicted octanol–water partition coefficient (Wildman–Crippen LogP) is 5.60. The van der Waals surface area contributed by atoms with Crippen LogP contribution in [0.1, 0.15) is 62.7 Å². The third-order valence-electron chi connectivity index (χ3n) is 10.4. The maximum Gasteiger partial charge on any atom is 0.394 e.